The maximum Gasteiger partial charge on any atom is 0.277 e. The Morgan fingerprint density at radius 1 is 1.25 bits per heavy atom. The molecule has 4 rings (SSSR count). The van der Waals surface area contributed by atoms with E-state index < -0.39 is 15.9 Å². The molecule has 0 radical (unpaired) electrons. The Morgan fingerprint density at radius 2 is 1.92 bits per heavy atom. The van der Waals surface area contributed by atoms with Gasteiger partial charge in [0.15, 0.2) is 10.8 Å². The average molecular weight is 345 g/mol. The molecule has 24 heavy (non-hydrogen) atoms. The summed E-state index contributed by atoms with van der Waals surface area (Å²) < 4.78 is 6.05. The highest BCUT2D eigenvalue weighted by atomic mass is 32.2. The third kappa shape index (κ3) is 1.38. The van der Waals surface area contributed by atoms with Gasteiger partial charge in [-0.05, 0) is 37.0 Å². The lowest BCUT2D eigenvalue weighted by molar-refractivity contribution is -0.586. The highest BCUT2D eigenvalue weighted by Crippen LogP contribution is 2.88. The van der Waals surface area contributed by atoms with Crippen LogP contribution in [0.3, 0.4) is 0 Å². The quantitative estimate of drug-likeness (QED) is 0.685. The van der Waals surface area contributed by atoms with E-state index in [-0.39, 0.29) is 10.8 Å². The molecule has 0 bridgehead atoms. The van der Waals surface area contributed by atoms with E-state index >= 15 is 0 Å². The van der Waals surface area contributed by atoms with Crippen LogP contribution in [0.15, 0.2) is 0 Å². The van der Waals surface area contributed by atoms with E-state index in [1.807, 2.05) is 0 Å². The number of nitrogens with zero attached hydrogens (tertiary/aromatic N) is 2. The van der Waals surface area contributed by atoms with Gasteiger partial charge < -0.3 is 4.74 Å². The monoisotopic (exact) mass is 345 g/mol. The average Bonchev–Trinajstić information content (AvgIpc) is 2.82. The summed E-state index contributed by atoms with van der Waals surface area (Å²) in [4.78, 5) is 3.22. The van der Waals surface area contributed by atoms with E-state index in [1.165, 1.54) is 0 Å². The predicted molar refractivity (Wildman–Crippen MR) is 91.2 cm³/mol. The molecule has 4 aliphatic rings. The van der Waals surface area contributed by atoms with Crippen molar-refractivity contribution in [1.29, 1.82) is 10.5 Å². The van der Waals surface area contributed by atoms with Crippen molar-refractivity contribution in [2.75, 3.05) is 12.4 Å². The van der Waals surface area contributed by atoms with E-state index in [0.29, 0.717) is 18.4 Å². The number of nitrogens with one attached hydrogen (secondary N) is 1. The van der Waals surface area contributed by atoms with Crippen molar-refractivity contribution in [2.45, 2.75) is 51.5 Å². The summed E-state index contributed by atoms with van der Waals surface area (Å²) in [6, 6.07) is 5.03. The van der Waals surface area contributed by atoms with E-state index in [2.05, 4.69) is 37.9 Å². The Labute approximate surface area is 147 Å². The largest absolute Gasteiger partial charge is 0.327 e. The molecule has 2 spiro atoms. The predicted octanol–water partition coefficient (Wildman–Crippen LogP) is 1.11. The molecule has 2 aliphatic carbocycles. The second kappa shape index (κ2) is 4.48. The van der Waals surface area contributed by atoms with Gasteiger partial charge in [0.2, 0.25) is 0 Å². The molecule has 0 aromatic rings. The molecule has 2 aliphatic heterocycles. The first-order chi connectivity index (χ1) is 11.3. The van der Waals surface area contributed by atoms with Crippen LogP contribution in [0.1, 0.15) is 46.5 Å². The maximum absolute atomic E-state index is 10.2. The number of thioether (sulfide) groups is 1. The topological polar surface area (TPSA) is 96.8 Å². The van der Waals surface area contributed by atoms with Crippen LogP contribution in [0.2, 0.25) is 0 Å². The lowest BCUT2D eigenvalue weighted by Crippen LogP contribution is -2.88. The van der Waals surface area contributed by atoms with Gasteiger partial charge in [-0.15, -0.1) is 0 Å². The van der Waals surface area contributed by atoms with Crippen LogP contribution in [-0.4, -0.2) is 23.3 Å². The van der Waals surface area contributed by atoms with Crippen LogP contribution in [0.25, 0.3) is 0 Å². The lowest BCUT2D eigenvalue weighted by Gasteiger charge is -2.40. The molecule has 5 nitrogen and oxygen atoms in total. The summed E-state index contributed by atoms with van der Waals surface area (Å²) in [5.41, 5.74) is 4.47. The summed E-state index contributed by atoms with van der Waals surface area (Å²) in [6.45, 7) is 7.44. The van der Waals surface area contributed by atoms with Gasteiger partial charge in [-0.3, -0.25) is 5.73 Å². The minimum atomic E-state index is -0.908. The Hall–Kier alpha value is -1.24. The number of fused-ring (bicyclic) bond motifs is 4. The zero-order chi connectivity index (χ0) is 17.4. The van der Waals surface area contributed by atoms with Gasteiger partial charge in [-0.2, -0.15) is 10.5 Å². The number of nitriles is 2. The van der Waals surface area contributed by atoms with Crippen molar-refractivity contribution in [1.82, 2.24) is 0 Å². The van der Waals surface area contributed by atoms with Crippen molar-refractivity contribution in [3.05, 3.63) is 0 Å². The van der Waals surface area contributed by atoms with E-state index in [9.17, 15) is 10.5 Å². The minimum Gasteiger partial charge on any atom is -0.327 e. The molecule has 2 saturated carbocycles. The molecular formula is C18H25N4OS+. The van der Waals surface area contributed by atoms with Crippen molar-refractivity contribution < 1.29 is 9.73 Å². The Balaban J connectivity index is 1.78. The molecule has 0 amide bonds. The minimum absolute atomic E-state index is 0.259. The summed E-state index contributed by atoms with van der Waals surface area (Å²) in [5.74, 6) is 1.90. The standard InChI is InChI=1S/C18H24N4OS/c1-14(2,3)12-4-6-15(7-5-12)16(10-19)13(21)22-18(17(15,16)11-20)23-8-9-24-18/h12H,4-9H2,1-3H3,(H2,21,22)/p+1/t12?,15?,16-,17+,18-/m1/s1. The highest BCUT2D eigenvalue weighted by Gasteiger charge is 3.02. The van der Waals surface area contributed by atoms with Gasteiger partial charge in [0.05, 0.1) is 18.7 Å². The first-order valence-electron chi connectivity index (χ1n) is 8.78. The SMILES string of the molecule is CC(C)(C)C1CCC2(CC1)[C@]1(C#N)[C@@]3([NH+]=C(N)[C@]21C#N)OCCS3. The molecule has 3 atom stereocenters. The molecule has 128 valence electrons. The van der Waals surface area contributed by atoms with Gasteiger partial charge >= 0.3 is 0 Å². The van der Waals surface area contributed by atoms with E-state index in [4.69, 9.17) is 10.5 Å². The van der Waals surface area contributed by atoms with Crippen LogP contribution >= 0.6 is 11.8 Å². The zero-order valence-electron chi connectivity index (χ0n) is 14.6. The van der Waals surface area contributed by atoms with Crippen LogP contribution in [-0.2, 0) is 4.74 Å². The molecule has 0 aromatic heterocycles. The number of ether oxygens (including phenoxy) is 1. The summed E-state index contributed by atoms with van der Waals surface area (Å²) in [7, 11) is 0. The Bertz CT molecular complexity index is 698. The molecule has 1 saturated heterocycles. The first kappa shape index (κ1) is 16.2. The smallest absolute Gasteiger partial charge is 0.277 e. The fraction of sp³-hybridized carbons (Fsp3) is 0.833. The lowest BCUT2D eigenvalue weighted by atomic mass is 9.65. The summed E-state index contributed by atoms with van der Waals surface area (Å²) in [6.07, 6.45) is 3.85. The van der Waals surface area contributed by atoms with Crippen molar-refractivity contribution in [3.8, 4) is 12.1 Å². The molecule has 6 heteroatoms. The molecule has 0 aromatic carbocycles. The van der Waals surface area contributed by atoms with Gasteiger partial charge in [0, 0.05) is 11.2 Å². The van der Waals surface area contributed by atoms with Crippen molar-refractivity contribution >= 4 is 17.6 Å². The second-order valence-corrected chi connectivity index (χ2v) is 10.1. The molecule has 2 heterocycles. The third-order valence-electron chi connectivity index (χ3n) is 7.23. The summed E-state index contributed by atoms with van der Waals surface area (Å²) >= 11 is 1.61. The highest BCUT2D eigenvalue weighted by molar-refractivity contribution is 8.00. The van der Waals surface area contributed by atoms with Crippen LogP contribution in [0, 0.1) is 50.2 Å². The third-order valence-corrected chi connectivity index (χ3v) is 8.53. The molecule has 3 fully saturated rings. The zero-order valence-corrected chi connectivity index (χ0v) is 15.4. The Morgan fingerprint density at radius 3 is 2.38 bits per heavy atom. The number of amidine groups is 1. The second-order valence-electron chi connectivity index (χ2n) is 8.80. The van der Waals surface area contributed by atoms with Gasteiger partial charge in [-0.25, -0.2) is 4.99 Å². The molecular weight excluding hydrogens is 320 g/mol. The Kier molecular flexibility index (Phi) is 3.03. The first-order valence-corrected chi connectivity index (χ1v) is 9.77. The normalized spacial score (nSPS) is 49.5. The van der Waals surface area contributed by atoms with Gasteiger partial charge in [0.1, 0.15) is 0 Å². The van der Waals surface area contributed by atoms with Crippen molar-refractivity contribution in [3.63, 3.8) is 0 Å². The summed E-state index contributed by atoms with van der Waals surface area (Å²) in [5, 5.41) is 19.5. The van der Waals surface area contributed by atoms with Gasteiger partial charge in [-0.1, -0.05) is 32.5 Å². The fourth-order valence-electron chi connectivity index (χ4n) is 6.02. The number of rotatable bonds is 0. The molecule has 0 unspecified atom stereocenters. The van der Waals surface area contributed by atoms with Crippen molar-refractivity contribution in [2.24, 2.45) is 33.3 Å². The molecule has 3 N–H and O–H groups in total. The van der Waals surface area contributed by atoms with Crippen LogP contribution < -0.4 is 10.7 Å². The van der Waals surface area contributed by atoms with E-state index in [0.717, 1.165) is 31.4 Å². The number of nitrogens with two attached hydrogens (primary N) is 1. The number of hydrogen-bond acceptors (Lipinski definition) is 5. The van der Waals surface area contributed by atoms with Crippen LogP contribution in [0.4, 0.5) is 0 Å². The van der Waals surface area contributed by atoms with Crippen LogP contribution in [0.5, 0.6) is 0 Å². The number of hydrogen-bond donors (Lipinski definition) is 2. The maximum atomic E-state index is 10.2. The van der Waals surface area contributed by atoms with E-state index in [1.54, 1.807) is 11.8 Å². The van der Waals surface area contributed by atoms with Gasteiger partial charge in [0.25, 0.3) is 10.9 Å². The fourth-order valence-corrected chi connectivity index (χ4v) is 7.44.